The first-order valence-electron chi connectivity index (χ1n) is 9.01. The Morgan fingerprint density at radius 2 is 1.82 bits per heavy atom. The third-order valence-electron chi connectivity index (χ3n) is 4.93. The first kappa shape index (κ1) is 20.3. The number of hydrogen-bond acceptors (Lipinski definition) is 3. The average Bonchev–Trinajstić information content (AvgIpc) is 3.01. The van der Waals surface area contributed by atoms with Crippen LogP contribution in [0.25, 0.3) is 11.1 Å². The Bertz CT molecular complexity index is 870. The highest BCUT2D eigenvalue weighted by Crippen LogP contribution is 2.41. The fourth-order valence-electron chi connectivity index (χ4n) is 3.52. The normalized spacial score (nSPS) is 18.0. The second-order valence-electron chi connectivity index (χ2n) is 8.08. The predicted octanol–water partition coefficient (Wildman–Crippen LogP) is 5.27. The number of fused-ring (bicyclic) bond motifs is 1. The van der Waals surface area contributed by atoms with Gasteiger partial charge >= 0.3 is 12.1 Å². The van der Waals surface area contributed by atoms with Gasteiger partial charge in [0, 0.05) is 23.5 Å². The first-order chi connectivity index (χ1) is 13.0. The molecule has 0 saturated carbocycles. The van der Waals surface area contributed by atoms with Crippen LogP contribution >= 0.6 is 0 Å². The molecule has 1 aliphatic carbocycles. The summed E-state index contributed by atoms with van der Waals surface area (Å²) in [5, 5.41) is 9.51. The molecule has 2 aromatic rings. The Kier molecular flexibility index (Phi) is 5.23. The topological polar surface area (TPSA) is 59.4 Å². The van der Waals surface area contributed by atoms with E-state index in [0.717, 1.165) is 28.8 Å². The molecule has 1 aromatic carbocycles. The highest BCUT2D eigenvalue weighted by atomic mass is 19.4. The van der Waals surface area contributed by atoms with E-state index in [1.165, 1.54) is 12.1 Å². The molecule has 1 heterocycles. The lowest BCUT2D eigenvalue weighted by atomic mass is 9.89. The van der Waals surface area contributed by atoms with E-state index in [2.05, 4.69) is 4.98 Å². The zero-order valence-corrected chi connectivity index (χ0v) is 15.9. The summed E-state index contributed by atoms with van der Waals surface area (Å²) >= 11 is 0. The minimum absolute atomic E-state index is 0.405. The Hall–Kier alpha value is -2.41. The van der Waals surface area contributed by atoms with Crippen LogP contribution in [0.15, 0.2) is 36.7 Å². The van der Waals surface area contributed by atoms with E-state index in [1.807, 2.05) is 0 Å². The second-order valence-corrected chi connectivity index (χ2v) is 8.08. The number of alkyl halides is 3. The summed E-state index contributed by atoms with van der Waals surface area (Å²) in [4.78, 5) is 15.8. The number of pyridine rings is 1. The van der Waals surface area contributed by atoms with Gasteiger partial charge in [-0.1, -0.05) is 32.9 Å². The fraction of sp³-hybridized carbons (Fsp3) is 0.429. The summed E-state index contributed by atoms with van der Waals surface area (Å²) in [6, 6.07) is 4.97. The van der Waals surface area contributed by atoms with Crippen LogP contribution in [0.5, 0.6) is 0 Å². The molecule has 1 N–H and O–H groups in total. The van der Waals surface area contributed by atoms with Gasteiger partial charge in [0.2, 0.25) is 0 Å². The largest absolute Gasteiger partial charge is 0.479 e. The van der Waals surface area contributed by atoms with Crippen molar-refractivity contribution in [3.8, 4) is 11.1 Å². The number of carboxylic acid groups (broad SMARTS) is 1. The lowest BCUT2D eigenvalue weighted by Crippen LogP contribution is -2.37. The molecule has 2 unspecified atom stereocenters. The van der Waals surface area contributed by atoms with Gasteiger partial charge in [0.25, 0.3) is 0 Å². The van der Waals surface area contributed by atoms with Gasteiger partial charge in [-0.25, -0.2) is 4.79 Å². The predicted molar refractivity (Wildman–Crippen MR) is 97.7 cm³/mol. The summed E-state index contributed by atoms with van der Waals surface area (Å²) in [5.41, 5.74) is 1.86. The number of benzene rings is 1. The maximum absolute atomic E-state index is 12.8. The van der Waals surface area contributed by atoms with E-state index in [9.17, 15) is 23.1 Å². The van der Waals surface area contributed by atoms with Gasteiger partial charge in [0.15, 0.2) is 6.10 Å². The van der Waals surface area contributed by atoms with Crippen LogP contribution in [0.3, 0.4) is 0 Å². The summed E-state index contributed by atoms with van der Waals surface area (Å²) in [5.74, 6) is -1.02. The maximum Gasteiger partial charge on any atom is 0.416 e. The van der Waals surface area contributed by atoms with Gasteiger partial charge in [-0.15, -0.1) is 0 Å². The monoisotopic (exact) mass is 393 g/mol. The van der Waals surface area contributed by atoms with E-state index < -0.39 is 35.3 Å². The Balaban J connectivity index is 1.91. The molecule has 0 saturated heterocycles. The molecule has 0 fully saturated rings. The Morgan fingerprint density at radius 3 is 2.36 bits per heavy atom. The summed E-state index contributed by atoms with van der Waals surface area (Å²) in [6.45, 7) is 5.41. The van der Waals surface area contributed by atoms with E-state index in [0.29, 0.717) is 18.4 Å². The molecule has 3 rings (SSSR count). The van der Waals surface area contributed by atoms with E-state index in [1.54, 1.807) is 33.2 Å². The molecule has 2 atom stereocenters. The third kappa shape index (κ3) is 4.04. The van der Waals surface area contributed by atoms with E-state index >= 15 is 0 Å². The van der Waals surface area contributed by atoms with Crippen molar-refractivity contribution in [3.63, 3.8) is 0 Å². The molecule has 1 aliphatic rings. The van der Waals surface area contributed by atoms with Crippen molar-refractivity contribution >= 4 is 5.97 Å². The van der Waals surface area contributed by atoms with Crippen LogP contribution in [-0.2, 0) is 22.1 Å². The van der Waals surface area contributed by atoms with Gasteiger partial charge < -0.3 is 9.84 Å². The average molecular weight is 393 g/mol. The highest BCUT2D eigenvalue weighted by Gasteiger charge is 2.37. The number of aliphatic carboxylic acids is 1. The first-order valence-corrected chi connectivity index (χ1v) is 9.01. The van der Waals surface area contributed by atoms with Crippen molar-refractivity contribution in [2.75, 3.05) is 0 Å². The quantitative estimate of drug-likeness (QED) is 0.769. The van der Waals surface area contributed by atoms with Crippen molar-refractivity contribution in [2.24, 2.45) is 5.41 Å². The van der Waals surface area contributed by atoms with Gasteiger partial charge in [0.1, 0.15) is 0 Å². The van der Waals surface area contributed by atoms with Crippen molar-refractivity contribution in [3.05, 3.63) is 53.3 Å². The van der Waals surface area contributed by atoms with Crippen molar-refractivity contribution in [1.82, 2.24) is 4.98 Å². The Morgan fingerprint density at radius 1 is 1.18 bits per heavy atom. The molecule has 0 amide bonds. The van der Waals surface area contributed by atoms with Crippen LogP contribution in [-0.4, -0.2) is 22.2 Å². The molecule has 4 nitrogen and oxygen atoms in total. The maximum atomic E-state index is 12.8. The van der Waals surface area contributed by atoms with Gasteiger partial charge in [0.05, 0.1) is 11.7 Å². The lowest BCUT2D eigenvalue weighted by Gasteiger charge is -2.29. The van der Waals surface area contributed by atoms with E-state index in [-0.39, 0.29) is 0 Å². The smallest absolute Gasteiger partial charge is 0.416 e. The van der Waals surface area contributed by atoms with Crippen LogP contribution in [0, 0.1) is 5.41 Å². The summed E-state index contributed by atoms with van der Waals surface area (Å²) in [6.07, 6.45) is -1.23. The standard InChI is InChI=1S/C21H22F3NO3/c1-20(2,3)18(19(26)27)28-17-9-8-14-15(10-25-11-16(14)17)12-4-6-13(7-5-12)21(22,23)24/h4-7,10-11,17-18H,8-9H2,1-3H3,(H,26,27). The summed E-state index contributed by atoms with van der Waals surface area (Å²) < 4.78 is 44.3. The minimum atomic E-state index is -4.38. The zero-order valence-electron chi connectivity index (χ0n) is 15.9. The number of nitrogens with zero attached hydrogens (tertiary/aromatic N) is 1. The molecule has 7 heteroatoms. The van der Waals surface area contributed by atoms with Crippen LogP contribution in [0.1, 0.15) is 50.0 Å². The molecule has 0 aliphatic heterocycles. The van der Waals surface area contributed by atoms with Gasteiger partial charge in [-0.3, -0.25) is 4.98 Å². The van der Waals surface area contributed by atoms with E-state index in [4.69, 9.17) is 4.74 Å². The summed E-state index contributed by atoms with van der Waals surface area (Å²) in [7, 11) is 0. The number of carbonyl (C=O) groups is 1. The molecule has 1 aromatic heterocycles. The molecule has 0 bridgehead atoms. The van der Waals surface area contributed by atoms with Crippen molar-refractivity contribution in [2.45, 2.75) is 52.0 Å². The minimum Gasteiger partial charge on any atom is -0.479 e. The molecule has 150 valence electrons. The number of aromatic nitrogens is 1. The number of ether oxygens (including phenoxy) is 1. The van der Waals surface area contributed by atoms with Crippen molar-refractivity contribution < 1.29 is 27.8 Å². The van der Waals surface area contributed by atoms with Gasteiger partial charge in [-0.2, -0.15) is 13.2 Å². The van der Waals surface area contributed by atoms with Crippen LogP contribution < -0.4 is 0 Å². The van der Waals surface area contributed by atoms with Crippen LogP contribution in [0.2, 0.25) is 0 Å². The second kappa shape index (κ2) is 7.20. The fourth-order valence-corrected chi connectivity index (χ4v) is 3.52. The number of carboxylic acids is 1. The Labute approximate surface area is 161 Å². The number of halogens is 3. The van der Waals surface area contributed by atoms with Crippen molar-refractivity contribution in [1.29, 1.82) is 0 Å². The SMILES string of the molecule is CC(C)(C)C(OC1CCc2c(-c3ccc(C(F)(F)F)cc3)cncc21)C(=O)O. The molecular formula is C21H22F3NO3. The molecular weight excluding hydrogens is 371 g/mol. The molecule has 0 radical (unpaired) electrons. The zero-order chi connectivity index (χ0) is 20.7. The lowest BCUT2D eigenvalue weighted by molar-refractivity contribution is -0.164. The van der Waals surface area contributed by atoms with Crippen LogP contribution in [0.4, 0.5) is 13.2 Å². The molecule has 28 heavy (non-hydrogen) atoms. The number of rotatable bonds is 4. The van der Waals surface area contributed by atoms with Gasteiger partial charge in [-0.05, 0) is 41.5 Å². The molecule has 0 spiro atoms. The number of hydrogen-bond donors (Lipinski definition) is 1. The highest BCUT2D eigenvalue weighted by molar-refractivity contribution is 5.73. The third-order valence-corrected chi connectivity index (χ3v) is 4.93.